The summed E-state index contributed by atoms with van der Waals surface area (Å²) in [6.07, 6.45) is 32.0. The van der Waals surface area contributed by atoms with Crippen LogP contribution >= 0.6 is 0 Å². The molecule has 0 spiro atoms. The molecule has 0 N–H and O–H groups in total. The number of hydrogen-bond acceptors (Lipinski definition) is 3. The topological polar surface area (TPSA) is 38.8 Å². The summed E-state index contributed by atoms with van der Waals surface area (Å²) in [6, 6.07) is 7.78. The van der Waals surface area contributed by atoms with Crippen molar-refractivity contribution < 1.29 is 14.3 Å². The van der Waals surface area contributed by atoms with Gasteiger partial charge in [0.2, 0.25) is 0 Å². The van der Waals surface area contributed by atoms with Gasteiger partial charge in [0, 0.05) is 30.0 Å². The number of amides is 1. The number of carbonyl (C=O) groups excluding carboxylic acids is 1. The molecule has 1 aromatic carbocycles. The summed E-state index contributed by atoms with van der Waals surface area (Å²) in [5, 5.41) is 0. The Hall–Kier alpha value is -1.65. The molecule has 252 valence electrons. The van der Waals surface area contributed by atoms with Gasteiger partial charge in [0.15, 0.2) is 0 Å². The van der Waals surface area contributed by atoms with Gasteiger partial charge in [0.05, 0.1) is 19.3 Å². The summed E-state index contributed by atoms with van der Waals surface area (Å²) in [5.74, 6) is 0.0329. The van der Waals surface area contributed by atoms with Crippen LogP contribution in [-0.2, 0) is 9.47 Å². The second kappa shape index (κ2) is 26.6. The van der Waals surface area contributed by atoms with E-state index in [1.54, 1.807) is 4.90 Å². The Bertz CT molecular complexity index is 818. The van der Waals surface area contributed by atoms with Crippen molar-refractivity contribution in [2.75, 3.05) is 26.4 Å². The third-order valence-electron chi connectivity index (χ3n) is 9.22. The highest BCUT2D eigenvalue weighted by Crippen LogP contribution is 2.31. The predicted octanol–water partition coefficient (Wildman–Crippen LogP) is 11.9. The number of ether oxygens (including phenoxy) is 2. The molecule has 1 atom stereocenters. The van der Waals surface area contributed by atoms with Crippen LogP contribution in [0.3, 0.4) is 0 Å². The van der Waals surface area contributed by atoms with Crippen molar-refractivity contribution in [3.05, 3.63) is 42.0 Å². The van der Waals surface area contributed by atoms with Crippen LogP contribution in [0.4, 0.5) is 0 Å². The van der Waals surface area contributed by atoms with Crippen LogP contribution in [0.2, 0.25) is 0 Å². The molecule has 1 aliphatic heterocycles. The molecule has 4 nitrogen and oxygen atoms in total. The number of hydrogen-bond donors (Lipinski definition) is 0. The van der Waals surface area contributed by atoms with E-state index in [2.05, 4.69) is 20.4 Å². The van der Waals surface area contributed by atoms with Crippen molar-refractivity contribution in [1.29, 1.82) is 0 Å². The van der Waals surface area contributed by atoms with Gasteiger partial charge in [-0.25, -0.2) is 0 Å². The smallest absolute Gasteiger partial charge is 0.259 e. The van der Waals surface area contributed by atoms with E-state index in [9.17, 15) is 4.79 Å². The quantitative estimate of drug-likeness (QED) is 0.0784. The fourth-order valence-corrected chi connectivity index (χ4v) is 6.34. The summed E-state index contributed by atoms with van der Waals surface area (Å²) in [4.78, 5) is 14.9. The number of unbranched alkanes of at least 4 members (excludes halogenated alkanes) is 22. The van der Waals surface area contributed by atoms with E-state index >= 15 is 0 Å². The van der Waals surface area contributed by atoms with Crippen molar-refractivity contribution in [1.82, 2.24) is 4.90 Å². The molecule has 0 aromatic heterocycles. The minimum atomic E-state index is -0.130. The normalized spacial score (nSPS) is 13.6. The van der Waals surface area contributed by atoms with E-state index in [-0.39, 0.29) is 12.0 Å². The lowest BCUT2D eigenvalue weighted by molar-refractivity contribution is -0.0258. The number of nitrogens with zero attached hydrogens (tertiary/aromatic N) is 1. The van der Waals surface area contributed by atoms with E-state index in [0.29, 0.717) is 13.2 Å². The van der Waals surface area contributed by atoms with Crippen LogP contribution in [0.15, 0.2) is 30.8 Å². The number of carbonyl (C=O) groups is 1. The molecule has 0 saturated carbocycles. The summed E-state index contributed by atoms with van der Waals surface area (Å²) < 4.78 is 12.5. The Labute approximate surface area is 272 Å². The molecule has 0 bridgehead atoms. The summed E-state index contributed by atoms with van der Waals surface area (Å²) in [6.45, 7) is 11.3. The molecule has 0 saturated heterocycles. The van der Waals surface area contributed by atoms with E-state index in [1.165, 1.54) is 141 Å². The van der Waals surface area contributed by atoms with E-state index in [1.807, 2.05) is 24.3 Å². The van der Waals surface area contributed by atoms with Gasteiger partial charge < -0.3 is 14.4 Å². The lowest BCUT2D eigenvalue weighted by Crippen LogP contribution is -2.36. The minimum Gasteiger partial charge on any atom is -0.379 e. The Morgan fingerprint density at radius 3 is 1.45 bits per heavy atom. The van der Waals surface area contributed by atoms with Gasteiger partial charge in [0.1, 0.15) is 0 Å². The van der Waals surface area contributed by atoms with Crippen LogP contribution in [0.1, 0.15) is 184 Å². The molecule has 1 aromatic rings. The van der Waals surface area contributed by atoms with Crippen LogP contribution in [0, 0.1) is 0 Å². The first-order chi connectivity index (χ1) is 21.7. The molecule has 44 heavy (non-hydrogen) atoms. The number of rotatable bonds is 31. The van der Waals surface area contributed by atoms with Gasteiger partial charge in [-0.05, 0) is 18.9 Å². The minimum absolute atomic E-state index is 0.0329. The van der Waals surface area contributed by atoms with Crippen LogP contribution < -0.4 is 0 Å². The van der Waals surface area contributed by atoms with Gasteiger partial charge in [-0.1, -0.05) is 180 Å². The van der Waals surface area contributed by atoms with Crippen molar-refractivity contribution >= 4 is 11.6 Å². The van der Waals surface area contributed by atoms with E-state index in [4.69, 9.17) is 9.47 Å². The van der Waals surface area contributed by atoms with Gasteiger partial charge in [-0.3, -0.25) is 4.79 Å². The summed E-state index contributed by atoms with van der Waals surface area (Å²) in [7, 11) is 0. The molecular weight excluding hydrogens is 542 g/mol. The number of fused-ring (bicyclic) bond motifs is 1. The Morgan fingerprint density at radius 1 is 0.591 bits per heavy atom. The number of benzene rings is 1. The fraction of sp³-hybridized carbons (Fsp3) is 0.775. The van der Waals surface area contributed by atoms with Gasteiger partial charge >= 0.3 is 0 Å². The first-order valence-corrected chi connectivity index (χ1v) is 19.0. The van der Waals surface area contributed by atoms with Crippen LogP contribution in [0.25, 0.3) is 5.70 Å². The lowest BCUT2D eigenvalue weighted by atomic mass is 10.1. The molecule has 4 heteroatoms. The Balaban J connectivity index is 1.60. The maximum atomic E-state index is 13.1. The third kappa shape index (κ3) is 17.2. The largest absolute Gasteiger partial charge is 0.379 e. The zero-order chi connectivity index (χ0) is 31.5. The molecule has 1 heterocycles. The van der Waals surface area contributed by atoms with E-state index in [0.717, 1.165) is 42.9 Å². The zero-order valence-electron chi connectivity index (χ0n) is 29.1. The second-order valence-corrected chi connectivity index (χ2v) is 13.3. The van der Waals surface area contributed by atoms with Crippen molar-refractivity contribution in [2.45, 2.75) is 174 Å². The average Bonchev–Trinajstić information content (AvgIpc) is 3.27. The highest BCUT2D eigenvalue weighted by atomic mass is 16.5. The van der Waals surface area contributed by atoms with Gasteiger partial charge in [-0.15, -0.1) is 0 Å². The first-order valence-electron chi connectivity index (χ1n) is 19.0. The standard InChI is InChI=1S/C40H69NO3/c1-4-6-8-10-12-14-16-18-20-22-24-28-32-43-35-37(34-41-36(3)38-30-26-27-31-39(38)40(41)42)44-33-29-25-23-21-19-17-15-13-11-9-7-5-2/h26-27,30-31,37H,3-25,28-29,32-35H2,1-2H3. The molecule has 0 radical (unpaired) electrons. The second-order valence-electron chi connectivity index (χ2n) is 13.3. The molecule has 1 amide bonds. The summed E-state index contributed by atoms with van der Waals surface area (Å²) in [5.41, 5.74) is 2.47. The molecule has 1 aliphatic rings. The zero-order valence-corrected chi connectivity index (χ0v) is 29.1. The Morgan fingerprint density at radius 2 is 1.00 bits per heavy atom. The highest BCUT2D eigenvalue weighted by molar-refractivity contribution is 6.08. The fourth-order valence-electron chi connectivity index (χ4n) is 6.34. The average molecular weight is 612 g/mol. The monoisotopic (exact) mass is 612 g/mol. The van der Waals surface area contributed by atoms with Crippen LogP contribution in [0.5, 0.6) is 0 Å². The van der Waals surface area contributed by atoms with Crippen LogP contribution in [-0.4, -0.2) is 43.3 Å². The Kier molecular flexibility index (Phi) is 23.3. The molecule has 0 aliphatic carbocycles. The van der Waals surface area contributed by atoms with Crippen molar-refractivity contribution in [2.24, 2.45) is 0 Å². The van der Waals surface area contributed by atoms with Crippen molar-refractivity contribution in [3.8, 4) is 0 Å². The maximum Gasteiger partial charge on any atom is 0.259 e. The first kappa shape index (κ1) is 38.5. The molecule has 1 unspecified atom stereocenters. The highest BCUT2D eigenvalue weighted by Gasteiger charge is 2.32. The maximum absolute atomic E-state index is 13.1. The van der Waals surface area contributed by atoms with Crippen molar-refractivity contribution in [3.63, 3.8) is 0 Å². The molecule has 2 rings (SSSR count). The molecule has 0 fully saturated rings. The molecular formula is C40H69NO3. The van der Waals surface area contributed by atoms with Gasteiger partial charge in [-0.2, -0.15) is 0 Å². The predicted molar refractivity (Wildman–Crippen MR) is 189 cm³/mol. The third-order valence-corrected chi connectivity index (χ3v) is 9.22. The SMILES string of the molecule is C=C1c2ccccc2C(=O)N1CC(COCCCCCCCCCCCCCC)OCCCCCCCCCCCCCC. The lowest BCUT2D eigenvalue weighted by Gasteiger charge is -2.25. The van der Waals surface area contributed by atoms with Gasteiger partial charge in [0.25, 0.3) is 5.91 Å². The van der Waals surface area contributed by atoms with E-state index < -0.39 is 0 Å². The summed E-state index contributed by atoms with van der Waals surface area (Å²) >= 11 is 0.